The van der Waals surface area contributed by atoms with Gasteiger partial charge in [0.05, 0.1) is 12.2 Å². The standard InChI is InChI=1S/C23H30O6/c1-4-28-23(20-13-19(25)11-12-21(20)26)14-18(22(27)29-23)10-6-8-16(2)7-5-9-17(3)15-24/h8-9,11-14,24-26H,4-7,10,15H2,1-3H3. The summed E-state index contributed by atoms with van der Waals surface area (Å²) in [6.45, 7) is 6.03. The van der Waals surface area contributed by atoms with E-state index in [0.717, 1.165) is 18.4 Å². The summed E-state index contributed by atoms with van der Waals surface area (Å²) >= 11 is 0. The van der Waals surface area contributed by atoms with Crippen molar-refractivity contribution < 1.29 is 29.6 Å². The summed E-state index contributed by atoms with van der Waals surface area (Å²) in [4.78, 5) is 12.4. The third kappa shape index (κ3) is 5.95. The molecule has 0 radical (unpaired) electrons. The summed E-state index contributed by atoms with van der Waals surface area (Å²) in [6, 6.07) is 4.03. The van der Waals surface area contributed by atoms with Crippen molar-refractivity contribution in [1.82, 2.24) is 0 Å². The van der Waals surface area contributed by atoms with E-state index in [1.807, 2.05) is 19.9 Å². The van der Waals surface area contributed by atoms with Gasteiger partial charge in [0.15, 0.2) is 0 Å². The number of phenolic OH excluding ortho intramolecular Hbond substituents is 2. The number of allylic oxidation sites excluding steroid dienone is 3. The molecule has 0 saturated carbocycles. The molecule has 158 valence electrons. The summed E-state index contributed by atoms with van der Waals surface area (Å²) in [5.74, 6) is -2.20. The molecule has 29 heavy (non-hydrogen) atoms. The second kappa shape index (κ2) is 10.3. The van der Waals surface area contributed by atoms with Gasteiger partial charge >= 0.3 is 5.97 Å². The van der Waals surface area contributed by atoms with Crippen molar-refractivity contribution >= 4 is 5.97 Å². The number of cyclic esters (lactones) is 1. The lowest BCUT2D eigenvalue weighted by Gasteiger charge is -2.27. The fourth-order valence-corrected chi connectivity index (χ4v) is 3.18. The van der Waals surface area contributed by atoms with Crippen LogP contribution in [0.1, 0.15) is 52.0 Å². The first-order chi connectivity index (χ1) is 13.8. The van der Waals surface area contributed by atoms with Crippen LogP contribution in [0.2, 0.25) is 0 Å². The Bertz CT molecular complexity index is 821. The van der Waals surface area contributed by atoms with Gasteiger partial charge in [-0.15, -0.1) is 0 Å². The lowest BCUT2D eigenvalue weighted by Crippen LogP contribution is -2.29. The van der Waals surface area contributed by atoms with Crippen molar-refractivity contribution in [3.05, 3.63) is 58.7 Å². The highest BCUT2D eigenvalue weighted by Gasteiger charge is 2.44. The van der Waals surface area contributed by atoms with Gasteiger partial charge in [-0.3, -0.25) is 0 Å². The van der Waals surface area contributed by atoms with E-state index >= 15 is 0 Å². The fraction of sp³-hybridized carbons (Fsp3) is 0.435. The van der Waals surface area contributed by atoms with Crippen LogP contribution in [0.5, 0.6) is 11.5 Å². The van der Waals surface area contributed by atoms with Gasteiger partial charge in [-0.2, -0.15) is 0 Å². The van der Waals surface area contributed by atoms with Crippen LogP contribution in [-0.4, -0.2) is 34.5 Å². The third-order valence-corrected chi connectivity index (χ3v) is 4.77. The van der Waals surface area contributed by atoms with Crippen molar-refractivity contribution in [3.8, 4) is 11.5 Å². The molecule has 1 unspecified atom stereocenters. The molecule has 1 aromatic rings. The van der Waals surface area contributed by atoms with Gasteiger partial charge in [0.25, 0.3) is 5.79 Å². The minimum Gasteiger partial charge on any atom is -0.508 e. The van der Waals surface area contributed by atoms with E-state index in [-0.39, 0.29) is 30.3 Å². The zero-order valence-electron chi connectivity index (χ0n) is 17.3. The number of ether oxygens (including phenoxy) is 2. The van der Waals surface area contributed by atoms with Crippen molar-refractivity contribution in [1.29, 1.82) is 0 Å². The first-order valence-electron chi connectivity index (χ1n) is 9.85. The van der Waals surface area contributed by atoms with Gasteiger partial charge in [-0.1, -0.05) is 23.3 Å². The van der Waals surface area contributed by atoms with Gasteiger partial charge in [-0.05, 0) is 64.7 Å². The maximum Gasteiger partial charge on any atom is 0.336 e. The van der Waals surface area contributed by atoms with Crippen LogP contribution in [0.4, 0.5) is 0 Å². The quantitative estimate of drug-likeness (QED) is 0.308. The highest BCUT2D eigenvalue weighted by Crippen LogP contribution is 2.42. The molecule has 1 heterocycles. The van der Waals surface area contributed by atoms with Crippen LogP contribution in [0, 0.1) is 0 Å². The van der Waals surface area contributed by atoms with Crippen LogP contribution in [0.3, 0.4) is 0 Å². The molecule has 1 aliphatic rings. The number of rotatable bonds is 10. The first kappa shape index (κ1) is 22.7. The number of aromatic hydroxyl groups is 2. The van der Waals surface area contributed by atoms with E-state index in [2.05, 4.69) is 6.08 Å². The maximum atomic E-state index is 12.4. The number of carbonyl (C=O) groups excluding carboxylic acids is 1. The number of aliphatic hydroxyl groups excluding tert-OH is 1. The Morgan fingerprint density at radius 1 is 1.17 bits per heavy atom. The normalized spacial score (nSPS) is 20.0. The average Bonchev–Trinajstić information content (AvgIpc) is 3.00. The van der Waals surface area contributed by atoms with Crippen molar-refractivity contribution in [2.24, 2.45) is 0 Å². The molecule has 1 aliphatic heterocycles. The lowest BCUT2D eigenvalue weighted by molar-refractivity contribution is -0.202. The van der Waals surface area contributed by atoms with Gasteiger partial charge < -0.3 is 24.8 Å². The second-order valence-electron chi connectivity index (χ2n) is 7.20. The number of hydrogen-bond donors (Lipinski definition) is 3. The fourth-order valence-electron chi connectivity index (χ4n) is 3.18. The summed E-state index contributed by atoms with van der Waals surface area (Å²) < 4.78 is 11.2. The predicted molar refractivity (Wildman–Crippen MR) is 110 cm³/mol. The van der Waals surface area contributed by atoms with Crippen molar-refractivity contribution in [2.45, 2.75) is 52.2 Å². The molecule has 0 spiro atoms. The molecule has 0 saturated heterocycles. The van der Waals surface area contributed by atoms with E-state index < -0.39 is 11.8 Å². The number of esters is 1. The molecule has 0 aliphatic carbocycles. The summed E-state index contributed by atoms with van der Waals surface area (Å²) in [5, 5.41) is 29.0. The highest BCUT2D eigenvalue weighted by molar-refractivity contribution is 5.91. The minimum atomic E-state index is -1.53. The smallest absolute Gasteiger partial charge is 0.336 e. The van der Waals surface area contributed by atoms with Crippen molar-refractivity contribution in [3.63, 3.8) is 0 Å². The van der Waals surface area contributed by atoms with Crippen molar-refractivity contribution in [2.75, 3.05) is 13.2 Å². The summed E-state index contributed by atoms with van der Waals surface area (Å²) in [7, 11) is 0. The Balaban J connectivity index is 2.11. The van der Waals surface area contributed by atoms with Gasteiger partial charge in [-0.25, -0.2) is 4.79 Å². The van der Waals surface area contributed by atoms with Gasteiger partial charge in [0.2, 0.25) is 0 Å². The zero-order valence-corrected chi connectivity index (χ0v) is 17.3. The molecule has 0 fully saturated rings. The Kier molecular flexibility index (Phi) is 8.05. The van der Waals surface area contributed by atoms with Crippen LogP contribution in [0.25, 0.3) is 0 Å². The number of aliphatic hydroxyl groups is 1. The number of phenols is 2. The molecule has 6 nitrogen and oxygen atoms in total. The number of hydrogen-bond acceptors (Lipinski definition) is 6. The molecule has 1 aromatic carbocycles. The summed E-state index contributed by atoms with van der Waals surface area (Å²) in [5.41, 5.74) is 2.83. The molecule has 0 aromatic heterocycles. The Morgan fingerprint density at radius 2 is 1.90 bits per heavy atom. The van der Waals surface area contributed by atoms with Crippen LogP contribution in [-0.2, 0) is 20.1 Å². The first-order valence-corrected chi connectivity index (χ1v) is 9.85. The minimum absolute atomic E-state index is 0.0566. The molecule has 1 atom stereocenters. The van der Waals surface area contributed by atoms with E-state index in [4.69, 9.17) is 14.6 Å². The largest absolute Gasteiger partial charge is 0.508 e. The molecule has 6 heteroatoms. The highest BCUT2D eigenvalue weighted by atomic mass is 16.7. The topological polar surface area (TPSA) is 96.2 Å². The van der Waals surface area contributed by atoms with Gasteiger partial charge in [0.1, 0.15) is 11.5 Å². The molecular weight excluding hydrogens is 372 g/mol. The Labute approximate surface area is 171 Å². The van der Waals surface area contributed by atoms with E-state index in [1.165, 1.54) is 23.8 Å². The molecular formula is C23H30O6. The average molecular weight is 402 g/mol. The Morgan fingerprint density at radius 3 is 2.59 bits per heavy atom. The van der Waals surface area contributed by atoms with Crippen LogP contribution in [0.15, 0.2) is 53.1 Å². The predicted octanol–water partition coefficient (Wildman–Crippen LogP) is 4.22. The molecule has 2 rings (SSSR count). The van der Waals surface area contributed by atoms with E-state index in [1.54, 1.807) is 13.0 Å². The zero-order chi connectivity index (χ0) is 21.4. The molecule has 0 amide bonds. The van der Waals surface area contributed by atoms with E-state index in [0.29, 0.717) is 18.4 Å². The summed E-state index contributed by atoms with van der Waals surface area (Å²) in [6.07, 6.45) is 8.60. The second-order valence-corrected chi connectivity index (χ2v) is 7.20. The Hall–Kier alpha value is -2.57. The van der Waals surface area contributed by atoms with Crippen LogP contribution < -0.4 is 0 Å². The monoisotopic (exact) mass is 402 g/mol. The van der Waals surface area contributed by atoms with E-state index in [9.17, 15) is 15.0 Å². The third-order valence-electron chi connectivity index (χ3n) is 4.77. The number of carbonyl (C=O) groups is 1. The molecule has 3 N–H and O–H groups in total. The maximum absolute atomic E-state index is 12.4. The number of benzene rings is 1. The van der Waals surface area contributed by atoms with Crippen LogP contribution >= 0.6 is 0 Å². The lowest BCUT2D eigenvalue weighted by atomic mass is 10.0. The molecule has 0 bridgehead atoms. The SMILES string of the molecule is CCOC1(c2cc(O)ccc2O)C=C(CCC=C(C)CCC=C(C)CO)C(=O)O1. The van der Waals surface area contributed by atoms with Gasteiger partial charge in [0, 0.05) is 18.3 Å².